The Labute approximate surface area is 103 Å². The van der Waals surface area contributed by atoms with Gasteiger partial charge >= 0.3 is 5.97 Å². The maximum absolute atomic E-state index is 10.8. The van der Waals surface area contributed by atoms with Crippen LogP contribution in [0.5, 0.6) is 0 Å². The summed E-state index contributed by atoms with van der Waals surface area (Å²) in [5.41, 5.74) is 0. The number of likely N-dealkylation sites (N-methyl/N-ethyl adjacent to an activating group) is 1. The summed E-state index contributed by atoms with van der Waals surface area (Å²) in [7, 11) is 0. The molecule has 0 aromatic heterocycles. The van der Waals surface area contributed by atoms with E-state index in [1.54, 1.807) is 0 Å². The lowest BCUT2D eigenvalue weighted by Gasteiger charge is -2.15. The Morgan fingerprint density at radius 3 is 2.62 bits per heavy atom. The van der Waals surface area contributed by atoms with Crippen LogP contribution in [0, 0.1) is 5.92 Å². The van der Waals surface area contributed by atoms with Gasteiger partial charge in [0.05, 0.1) is 6.61 Å². The number of nitrogens with one attached hydrogen (secondary N) is 1. The lowest BCUT2D eigenvalue weighted by molar-refractivity contribution is -0.141. The Hall–Kier alpha value is -0.320. The van der Waals surface area contributed by atoms with Gasteiger partial charge in [0.15, 0.2) is 0 Å². The van der Waals surface area contributed by atoms with E-state index in [1.165, 1.54) is 25.7 Å². The van der Waals surface area contributed by atoms with Gasteiger partial charge in [-0.15, -0.1) is 12.4 Å². The summed E-state index contributed by atoms with van der Waals surface area (Å²) in [6.07, 6.45) is 5.06. The molecule has 0 saturated heterocycles. The summed E-state index contributed by atoms with van der Waals surface area (Å²) < 4.78 is 5.45. The normalized spacial score (nSPS) is 18.1. The molecule has 1 fully saturated rings. The fraction of sp³-hybridized carbons (Fsp3) is 0.909. The van der Waals surface area contributed by atoms with Crippen molar-refractivity contribution >= 4 is 18.4 Å². The molecule has 1 rings (SSSR count). The van der Waals surface area contributed by atoms with Crippen molar-refractivity contribution in [3.63, 3.8) is 0 Å². The van der Waals surface area contributed by atoms with Gasteiger partial charge < -0.3 is 15.2 Å². The van der Waals surface area contributed by atoms with Gasteiger partial charge in [0, 0.05) is 6.61 Å². The Bertz CT molecular complexity index is 196. The first kappa shape index (κ1) is 15.7. The summed E-state index contributed by atoms with van der Waals surface area (Å²) in [6, 6.07) is -0.559. The minimum Gasteiger partial charge on any atom is -0.480 e. The Balaban J connectivity index is 0.00000225. The molecule has 0 spiro atoms. The minimum absolute atomic E-state index is 0. The summed E-state index contributed by atoms with van der Waals surface area (Å²) in [6.45, 7) is 3.55. The van der Waals surface area contributed by atoms with Crippen molar-refractivity contribution in [3.05, 3.63) is 0 Å². The molecule has 2 N–H and O–H groups in total. The average molecular weight is 252 g/mol. The Morgan fingerprint density at radius 1 is 1.50 bits per heavy atom. The predicted octanol–water partition coefficient (Wildman–Crippen LogP) is 1.68. The van der Waals surface area contributed by atoms with Crippen LogP contribution in [0.3, 0.4) is 0 Å². The van der Waals surface area contributed by atoms with Crippen LogP contribution in [0.15, 0.2) is 0 Å². The summed E-state index contributed by atoms with van der Waals surface area (Å²) in [5, 5.41) is 11.7. The molecule has 0 unspecified atom stereocenters. The molecule has 1 aliphatic rings. The van der Waals surface area contributed by atoms with Gasteiger partial charge in [-0.3, -0.25) is 4.79 Å². The zero-order valence-electron chi connectivity index (χ0n) is 9.78. The molecule has 0 heterocycles. The monoisotopic (exact) mass is 251 g/mol. The molecule has 0 amide bonds. The van der Waals surface area contributed by atoms with E-state index in [0.717, 1.165) is 6.61 Å². The van der Waals surface area contributed by atoms with Crippen molar-refractivity contribution in [1.82, 2.24) is 5.32 Å². The fourth-order valence-electron chi connectivity index (χ4n) is 1.99. The number of ether oxygens (including phenoxy) is 1. The smallest absolute Gasteiger partial charge is 0.323 e. The van der Waals surface area contributed by atoms with Crippen LogP contribution in [0.1, 0.15) is 32.6 Å². The third-order valence-electron chi connectivity index (χ3n) is 2.86. The summed E-state index contributed by atoms with van der Waals surface area (Å²) in [5.74, 6) is -0.177. The molecule has 0 bridgehead atoms. The molecule has 0 aliphatic heterocycles. The molecule has 96 valence electrons. The second-order valence-electron chi connectivity index (χ2n) is 4.14. The molecule has 0 aromatic carbocycles. The number of carboxylic acids is 1. The highest BCUT2D eigenvalue weighted by molar-refractivity contribution is 5.85. The summed E-state index contributed by atoms with van der Waals surface area (Å²) in [4.78, 5) is 10.8. The van der Waals surface area contributed by atoms with E-state index >= 15 is 0 Å². The van der Waals surface area contributed by atoms with Gasteiger partial charge in [-0.05, 0) is 25.3 Å². The standard InChI is InChI=1S/C11H21NO3.ClH/c1-2-12-10(11(13)14)8-15-7-9-5-3-4-6-9;/h9-10,12H,2-8H2,1H3,(H,13,14);1H/t10-;/m0./s1. The molecular weight excluding hydrogens is 230 g/mol. The van der Waals surface area contributed by atoms with E-state index in [2.05, 4.69) is 5.32 Å². The number of hydrogen-bond acceptors (Lipinski definition) is 3. The van der Waals surface area contributed by atoms with E-state index in [0.29, 0.717) is 12.5 Å². The highest BCUT2D eigenvalue weighted by Gasteiger charge is 2.18. The van der Waals surface area contributed by atoms with Gasteiger partial charge in [0.1, 0.15) is 6.04 Å². The zero-order chi connectivity index (χ0) is 11.1. The van der Waals surface area contributed by atoms with Crippen molar-refractivity contribution in [3.8, 4) is 0 Å². The maximum atomic E-state index is 10.8. The molecule has 16 heavy (non-hydrogen) atoms. The van der Waals surface area contributed by atoms with Crippen molar-refractivity contribution in [2.45, 2.75) is 38.6 Å². The second kappa shape index (κ2) is 8.79. The van der Waals surface area contributed by atoms with Crippen LogP contribution >= 0.6 is 12.4 Å². The number of aliphatic carboxylic acids is 1. The molecular formula is C11H22ClNO3. The second-order valence-corrected chi connectivity index (χ2v) is 4.14. The van der Waals surface area contributed by atoms with Crippen LogP contribution in [0.2, 0.25) is 0 Å². The van der Waals surface area contributed by atoms with E-state index in [4.69, 9.17) is 9.84 Å². The van der Waals surface area contributed by atoms with Crippen LogP contribution in [-0.2, 0) is 9.53 Å². The summed E-state index contributed by atoms with van der Waals surface area (Å²) >= 11 is 0. The van der Waals surface area contributed by atoms with E-state index in [9.17, 15) is 4.79 Å². The third kappa shape index (κ3) is 5.68. The average Bonchev–Trinajstić information content (AvgIpc) is 2.69. The first-order valence-electron chi connectivity index (χ1n) is 5.78. The number of rotatable bonds is 7. The van der Waals surface area contributed by atoms with E-state index in [1.807, 2.05) is 6.92 Å². The number of carbonyl (C=O) groups is 1. The highest BCUT2D eigenvalue weighted by atomic mass is 35.5. The topological polar surface area (TPSA) is 58.6 Å². The third-order valence-corrected chi connectivity index (χ3v) is 2.86. The molecule has 1 saturated carbocycles. The number of carboxylic acid groups (broad SMARTS) is 1. The van der Waals surface area contributed by atoms with Crippen molar-refractivity contribution in [1.29, 1.82) is 0 Å². The van der Waals surface area contributed by atoms with Crippen molar-refractivity contribution in [2.24, 2.45) is 5.92 Å². The molecule has 1 atom stereocenters. The van der Waals surface area contributed by atoms with Crippen LogP contribution in [0.4, 0.5) is 0 Å². The first-order valence-corrected chi connectivity index (χ1v) is 5.78. The highest BCUT2D eigenvalue weighted by Crippen LogP contribution is 2.24. The lowest BCUT2D eigenvalue weighted by atomic mass is 10.1. The van der Waals surface area contributed by atoms with Gasteiger partial charge in [-0.2, -0.15) is 0 Å². The molecule has 4 nitrogen and oxygen atoms in total. The first-order chi connectivity index (χ1) is 7.24. The van der Waals surface area contributed by atoms with Crippen LogP contribution in [-0.4, -0.2) is 36.9 Å². The molecule has 0 aromatic rings. The largest absolute Gasteiger partial charge is 0.480 e. The van der Waals surface area contributed by atoms with Crippen LogP contribution < -0.4 is 5.32 Å². The van der Waals surface area contributed by atoms with E-state index < -0.39 is 12.0 Å². The van der Waals surface area contributed by atoms with Gasteiger partial charge in [-0.1, -0.05) is 19.8 Å². The van der Waals surface area contributed by atoms with Crippen molar-refractivity contribution < 1.29 is 14.6 Å². The van der Waals surface area contributed by atoms with Gasteiger partial charge in [-0.25, -0.2) is 0 Å². The SMILES string of the molecule is CCN[C@@H](COCC1CCCC1)C(=O)O.Cl. The molecule has 5 heteroatoms. The Morgan fingerprint density at radius 2 is 2.12 bits per heavy atom. The van der Waals surface area contributed by atoms with Gasteiger partial charge in [0.2, 0.25) is 0 Å². The Kier molecular flexibility index (Phi) is 8.61. The van der Waals surface area contributed by atoms with Crippen LogP contribution in [0.25, 0.3) is 0 Å². The number of hydrogen-bond donors (Lipinski definition) is 2. The van der Waals surface area contributed by atoms with Crippen molar-refractivity contribution in [2.75, 3.05) is 19.8 Å². The quantitative estimate of drug-likeness (QED) is 0.723. The lowest BCUT2D eigenvalue weighted by Crippen LogP contribution is -2.40. The molecule has 1 aliphatic carbocycles. The molecule has 0 radical (unpaired) electrons. The number of halogens is 1. The zero-order valence-corrected chi connectivity index (χ0v) is 10.6. The fourth-order valence-corrected chi connectivity index (χ4v) is 1.99. The minimum atomic E-state index is -0.830. The predicted molar refractivity (Wildman–Crippen MR) is 65.1 cm³/mol. The van der Waals surface area contributed by atoms with Gasteiger partial charge in [0.25, 0.3) is 0 Å². The van der Waals surface area contributed by atoms with E-state index in [-0.39, 0.29) is 19.0 Å². The maximum Gasteiger partial charge on any atom is 0.323 e.